The van der Waals surface area contributed by atoms with Crippen LogP contribution in [0.15, 0.2) is 36.9 Å². The Morgan fingerprint density at radius 3 is 2.36 bits per heavy atom. The second-order valence-corrected chi connectivity index (χ2v) is 6.80. The summed E-state index contributed by atoms with van der Waals surface area (Å²) in [6.45, 7) is 8.79. The average molecular weight is 351 g/mol. The van der Waals surface area contributed by atoms with E-state index < -0.39 is 30.4 Å². The molecule has 0 bridgehead atoms. The number of carbonyl (C=O) groups is 1. The molecule has 0 radical (unpaired) electrons. The van der Waals surface area contributed by atoms with Crippen LogP contribution in [0.3, 0.4) is 0 Å². The highest BCUT2D eigenvalue weighted by Crippen LogP contribution is 2.20. The number of amides is 1. The van der Waals surface area contributed by atoms with Gasteiger partial charge in [0.25, 0.3) is 0 Å². The molecule has 1 amide bonds. The minimum atomic E-state index is -1.09. The normalized spacial score (nSPS) is 13.7. The number of hydrogen-bond acceptors (Lipinski definition) is 5. The Morgan fingerprint density at radius 2 is 1.92 bits per heavy atom. The molecule has 0 aliphatic carbocycles. The van der Waals surface area contributed by atoms with E-state index in [9.17, 15) is 15.0 Å². The zero-order valence-corrected chi connectivity index (χ0v) is 15.4. The van der Waals surface area contributed by atoms with Crippen LogP contribution >= 0.6 is 0 Å². The third-order valence-corrected chi connectivity index (χ3v) is 3.58. The maximum Gasteiger partial charge on any atom is 0.410 e. The van der Waals surface area contributed by atoms with Gasteiger partial charge in [0.15, 0.2) is 0 Å². The predicted molar refractivity (Wildman–Crippen MR) is 96.5 cm³/mol. The molecule has 0 aliphatic rings. The lowest BCUT2D eigenvalue weighted by Crippen LogP contribution is -2.49. The molecular weight excluding hydrogens is 322 g/mol. The number of rotatable bonds is 8. The molecule has 6 nitrogen and oxygen atoms in total. The van der Waals surface area contributed by atoms with Gasteiger partial charge in [-0.3, -0.25) is 4.90 Å². The highest BCUT2D eigenvalue weighted by Gasteiger charge is 2.32. The lowest BCUT2D eigenvalue weighted by atomic mass is 10.0. The first-order chi connectivity index (χ1) is 11.7. The van der Waals surface area contributed by atoms with Gasteiger partial charge < -0.3 is 19.7 Å². The van der Waals surface area contributed by atoms with Crippen molar-refractivity contribution in [2.24, 2.45) is 0 Å². The van der Waals surface area contributed by atoms with Crippen molar-refractivity contribution in [3.8, 4) is 5.75 Å². The van der Waals surface area contributed by atoms with Crippen molar-refractivity contribution >= 4 is 6.09 Å². The van der Waals surface area contributed by atoms with Gasteiger partial charge in [0, 0.05) is 6.54 Å². The standard InChI is InChI=1S/C19H29NO5/c1-6-7-16(17(22)13-21)20(18(23)25-19(2,3)4)12-14-8-10-15(24-5)11-9-14/h6,8-11,16-17,21-22H,1,7,12-13H2,2-5H3/t16-,17+/m0/s1. The number of aliphatic hydroxyl groups is 2. The zero-order chi connectivity index (χ0) is 19.0. The molecule has 2 N–H and O–H groups in total. The molecule has 0 unspecified atom stereocenters. The summed E-state index contributed by atoms with van der Waals surface area (Å²) < 4.78 is 10.6. The minimum absolute atomic E-state index is 0.231. The molecule has 0 aromatic heterocycles. The molecule has 2 atom stereocenters. The van der Waals surface area contributed by atoms with E-state index in [1.807, 2.05) is 12.1 Å². The second-order valence-electron chi connectivity index (χ2n) is 6.80. The molecule has 1 aromatic carbocycles. The summed E-state index contributed by atoms with van der Waals surface area (Å²) in [6, 6.07) is 6.64. The van der Waals surface area contributed by atoms with Crippen LogP contribution in [0.2, 0.25) is 0 Å². The molecular formula is C19H29NO5. The molecule has 0 fully saturated rings. The molecule has 1 aromatic rings. The summed E-state index contributed by atoms with van der Waals surface area (Å²) in [5.74, 6) is 0.714. The maximum atomic E-state index is 12.7. The highest BCUT2D eigenvalue weighted by molar-refractivity contribution is 5.68. The summed E-state index contributed by atoms with van der Waals surface area (Å²) >= 11 is 0. The summed E-state index contributed by atoms with van der Waals surface area (Å²) in [6.07, 6.45) is 0.290. The summed E-state index contributed by atoms with van der Waals surface area (Å²) in [5, 5.41) is 19.5. The van der Waals surface area contributed by atoms with Gasteiger partial charge in [-0.15, -0.1) is 6.58 Å². The fraction of sp³-hybridized carbons (Fsp3) is 0.526. The van der Waals surface area contributed by atoms with Crippen LogP contribution in [0, 0.1) is 0 Å². The van der Waals surface area contributed by atoms with Crippen LogP contribution in [-0.4, -0.2) is 52.7 Å². The molecule has 0 aliphatic heterocycles. The highest BCUT2D eigenvalue weighted by atomic mass is 16.6. The van der Waals surface area contributed by atoms with E-state index in [1.165, 1.54) is 4.90 Å². The molecule has 140 valence electrons. The fourth-order valence-electron chi connectivity index (χ4n) is 2.35. The van der Waals surface area contributed by atoms with Gasteiger partial charge in [-0.25, -0.2) is 4.79 Å². The van der Waals surface area contributed by atoms with E-state index in [2.05, 4.69) is 6.58 Å². The Balaban J connectivity index is 3.10. The Kier molecular flexibility index (Phi) is 7.93. The van der Waals surface area contributed by atoms with Crippen LogP contribution < -0.4 is 4.74 Å². The van der Waals surface area contributed by atoms with Crippen LogP contribution in [0.25, 0.3) is 0 Å². The second kappa shape index (κ2) is 9.44. The Hall–Kier alpha value is -2.05. The topological polar surface area (TPSA) is 79.2 Å². The first kappa shape index (κ1) is 21.0. The number of hydrogen-bond donors (Lipinski definition) is 2. The smallest absolute Gasteiger partial charge is 0.410 e. The first-order valence-corrected chi connectivity index (χ1v) is 8.24. The van der Waals surface area contributed by atoms with Gasteiger partial charge in [-0.05, 0) is 44.9 Å². The van der Waals surface area contributed by atoms with Gasteiger partial charge in [0.05, 0.1) is 25.9 Å². The van der Waals surface area contributed by atoms with Crippen molar-refractivity contribution in [3.63, 3.8) is 0 Å². The van der Waals surface area contributed by atoms with Gasteiger partial charge in [0.1, 0.15) is 11.4 Å². The summed E-state index contributed by atoms with van der Waals surface area (Å²) in [5.41, 5.74) is 0.184. The zero-order valence-electron chi connectivity index (χ0n) is 15.4. The van der Waals surface area contributed by atoms with E-state index in [-0.39, 0.29) is 6.54 Å². The quantitative estimate of drug-likeness (QED) is 0.704. The summed E-state index contributed by atoms with van der Waals surface area (Å²) in [7, 11) is 1.58. The number of carbonyl (C=O) groups excluding carboxylic acids is 1. The lowest BCUT2D eigenvalue weighted by molar-refractivity contribution is -0.0203. The SMILES string of the molecule is C=CC[C@@H]([C@H](O)CO)N(Cc1ccc(OC)cc1)C(=O)OC(C)(C)C. The fourth-order valence-corrected chi connectivity index (χ4v) is 2.35. The molecule has 25 heavy (non-hydrogen) atoms. The van der Waals surface area contributed by atoms with E-state index in [4.69, 9.17) is 9.47 Å². The van der Waals surface area contributed by atoms with Crippen molar-refractivity contribution in [2.75, 3.05) is 13.7 Å². The van der Waals surface area contributed by atoms with Gasteiger partial charge in [-0.2, -0.15) is 0 Å². The first-order valence-electron chi connectivity index (χ1n) is 8.24. The predicted octanol–water partition coefficient (Wildman–Crippen LogP) is 2.73. The number of aliphatic hydroxyl groups excluding tert-OH is 2. The maximum absolute atomic E-state index is 12.7. The average Bonchev–Trinajstić information content (AvgIpc) is 2.56. The van der Waals surface area contributed by atoms with Crippen LogP contribution in [-0.2, 0) is 11.3 Å². The monoisotopic (exact) mass is 351 g/mol. The van der Waals surface area contributed by atoms with Gasteiger partial charge in [0.2, 0.25) is 0 Å². The Labute approximate surface area is 149 Å². The largest absolute Gasteiger partial charge is 0.497 e. The lowest BCUT2D eigenvalue weighted by Gasteiger charge is -2.35. The van der Waals surface area contributed by atoms with Crippen LogP contribution in [0.5, 0.6) is 5.75 Å². The van der Waals surface area contributed by atoms with Crippen molar-refractivity contribution in [2.45, 2.75) is 51.5 Å². The Morgan fingerprint density at radius 1 is 1.32 bits per heavy atom. The van der Waals surface area contributed by atoms with Crippen molar-refractivity contribution in [1.29, 1.82) is 0 Å². The third-order valence-electron chi connectivity index (χ3n) is 3.58. The van der Waals surface area contributed by atoms with Crippen molar-refractivity contribution < 1.29 is 24.5 Å². The van der Waals surface area contributed by atoms with Crippen LogP contribution in [0.4, 0.5) is 4.79 Å². The Bertz CT molecular complexity index is 550. The molecule has 0 spiro atoms. The van der Waals surface area contributed by atoms with Crippen molar-refractivity contribution in [3.05, 3.63) is 42.5 Å². The minimum Gasteiger partial charge on any atom is -0.497 e. The molecule has 6 heteroatoms. The van der Waals surface area contributed by atoms with E-state index in [1.54, 1.807) is 46.1 Å². The number of ether oxygens (including phenoxy) is 2. The van der Waals surface area contributed by atoms with Crippen LogP contribution in [0.1, 0.15) is 32.8 Å². The number of methoxy groups -OCH3 is 1. The molecule has 0 heterocycles. The van der Waals surface area contributed by atoms with E-state index in [0.29, 0.717) is 12.2 Å². The van der Waals surface area contributed by atoms with Crippen molar-refractivity contribution in [1.82, 2.24) is 4.90 Å². The van der Waals surface area contributed by atoms with Gasteiger partial charge >= 0.3 is 6.09 Å². The summed E-state index contributed by atoms with van der Waals surface area (Å²) in [4.78, 5) is 14.1. The van der Waals surface area contributed by atoms with E-state index >= 15 is 0 Å². The van der Waals surface area contributed by atoms with E-state index in [0.717, 1.165) is 5.56 Å². The number of nitrogens with zero attached hydrogens (tertiary/aromatic N) is 1. The molecule has 0 saturated carbocycles. The third kappa shape index (κ3) is 6.76. The molecule has 0 saturated heterocycles. The van der Waals surface area contributed by atoms with Gasteiger partial charge in [-0.1, -0.05) is 18.2 Å². The number of benzene rings is 1. The molecule has 1 rings (SSSR count).